The molecule has 2 aromatic carbocycles. The third-order valence-corrected chi connectivity index (χ3v) is 5.61. The van der Waals surface area contributed by atoms with Gasteiger partial charge in [0.1, 0.15) is 11.5 Å². The fourth-order valence-electron chi connectivity index (χ4n) is 3.60. The number of ether oxygens (including phenoxy) is 2. The van der Waals surface area contributed by atoms with Crippen molar-refractivity contribution < 1.29 is 29.3 Å². The van der Waals surface area contributed by atoms with Crippen molar-refractivity contribution >= 4 is 22.7 Å². The molecule has 3 rings (SSSR count). The van der Waals surface area contributed by atoms with E-state index in [0.717, 1.165) is 41.9 Å². The second-order valence-electron chi connectivity index (χ2n) is 7.72. The van der Waals surface area contributed by atoms with Crippen LogP contribution in [0.5, 0.6) is 11.5 Å². The molecule has 9 heteroatoms. The number of benzene rings is 2. The van der Waals surface area contributed by atoms with Crippen molar-refractivity contribution in [2.24, 2.45) is 0 Å². The third-order valence-electron chi connectivity index (χ3n) is 5.61. The number of hydrogen-bond donors (Lipinski definition) is 2. The Morgan fingerprint density at radius 3 is 1.94 bits per heavy atom. The number of carboxylic acids is 2. The maximum atomic E-state index is 13.1. The summed E-state index contributed by atoms with van der Waals surface area (Å²) in [6.45, 7) is 7.71. The van der Waals surface area contributed by atoms with Crippen LogP contribution in [0.25, 0.3) is 21.9 Å². The highest BCUT2D eigenvalue weighted by Crippen LogP contribution is 2.30. The van der Waals surface area contributed by atoms with Crippen LogP contribution in [0.4, 0.5) is 0 Å². The summed E-state index contributed by atoms with van der Waals surface area (Å²) in [5.41, 5.74) is 2.09. The Balaban J connectivity index is 0.000000493. The van der Waals surface area contributed by atoms with E-state index in [1.165, 1.54) is 0 Å². The van der Waals surface area contributed by atoms with Crippen LogP contribution < -0.4 is 15.0 Å². The van der Waals surface area contributed by atoms with Crippen LogP contribution in [0.3, 0.4) is 0 Å². The van der Waals surface area contributed by atoms with Crippen LogP contribution in [0.15, 0.2) is 65.6 Å². The Morgan fingerprint density at radius 2 is 1.44 bits per heavy atom. The summed E-state index contributed by atoms with van der Waals surface area (Å²) in [5, 5.41) is 17.2. The van der Waals surface area contributed by atoms with Crippen molar-refractivity contribution in [3.05, 3.63) is 71.2 Å². The fourth-order valence-corrected chi connectivity index (χ4v) is 3.60. The minimum absolute atomic E-state index is 0.0123. The number of aromatic nitrogens is 1. The summed E-state index contributed by atoms with van der Waals surface area (Å²) in [6, 6.07) is 13.6. The molecule has 0 atom stereocenters. The molecule has 0 saturated carbocycles. The van der Waals surface area contributed by atoms with E-state index in [9.17, 15) is 14.4 Å². The Hall–Kier alpha value is -4.11. The number of carboxylic acid groups (broad SMARTS) is 2. The molecule has 1 aromatic heterocycles. The highest BCUT2D eigenvalue weighted by molar-refractivity contribution is 5.96. The summed E-state index contributed by atoms with van der Waals surface area (Å²) < 4.78 is 12.5. The van der Waals surface area contributed by atoms with Gasteiger partial charge in [-0.3, -0.25) is 4.79 Å². The summed E-state index contributed by atoms with van der Waals surface area (Å²) >= 11 is 0. The molecular formula is C27H32N2O7. The number of methoxy groups -OCH3 is 2. The minimum Gasteiger partial charge on any atom is -0.497 e. The van der Waals surface area contributed by atoms with Gasteiger partial charge in [0.25, 0.3) is 5.56 Å². The van der Waals surface area contributed by atoms with E-state index in [0.29, 0.717) is 29.8 Å². The number of pyridine rings is 1. The molecule has 9 nitrogen and oxygen atoms in total. The first-order valence-electron chi connectivity index (χ1n) is 11.5. The molecule has 0 fully saturated rings. The molecule has 192 valence electrons. The van der Waals surface area contributed by atoms with Crippen molar-refractivity contribution in [3.8, 4) is 22.6 Å². The van der Waals surface area contributed by atoms with Gasteiger partial charge in [-0.25, -0.2) is 9.59 Å². The van der Waals surface area contributed by atoms with E-state index in [1.807, 2.05) is 53.2 Å². The number of rotatable bonds is 10. The molecule has 0 aliphatic heterocycles. The molecule has 2 N–H and O–H groups in total. The zero-order valence-corrected chi connectivity index (χ0v) is 20.9. The monoisotopic (exact) mass is 496 g/mol. The van der Waals surface area contributed by atoms with Gasteiger partial charge in [-0.2, -0.15) is 0 Å². The lowest BCUT2D eigenvalue weighted by Gasteiger charge is -2.19. The van der Waals surface area contributed by atoms with E-state index in [1.54, 1.807) is 14.2 Å². The van der Waals surface area contributed by atoms with E-state index >= 15 is 0 Å². The lowest BCUT2D eigenvalue weighted by atomic mass is 10.00. The summed E-state index contributed by atoms with van der Waals surface area (Å²) in [6.07, 6.45) is 3.09. The summed E-state index contributed by atoms with van der Waals surface area (Å²) in [7, 11) is 3.28. The molecule has 36 heavy (non-hydrogen) atoms. The average Bonchev–Trinajstić information content (AvgIpc) is 2.89. The smallest absolute Gasteiger partial charge is 0.328 e. The fraction of sp³-hybridized carbons (Fsp3) is 0.296. The average molecular weight is 497 g/mol. The molecule has 0 bridgehead atoms. The lowest BCUT2D eigenvalue weighted by molar-refractivity contribution is -0.134. The number of nitrogens with zero attached hydrogens (tertiary/aromatic N) is 2. The maximum Gasteiger partial charge on any atom is 0.328 e. The molecule has 1 heterocycles. The van der Waals surface area contributed by atoms with Crippen LogP contribution in [0.1, 0.15) is 13.8 Å². The van der Waals surface area contributed by atoms with Gasteiger partial charge in [0.2, 0.25) is 0 Å². The summed E-state index contributed by atoms with van der Waals surface area (Å²) in [5.74, 6) is -1.02. The molecule has 0 amide bonds. The summed E-state index contributed by atoms with van der Waals surface area (Å²) in [4.78, 5) is 34.6. The number of carbonyl (C=O) groups is 2. The van der Waals surface area contributed by atoms with Crippen LogP contribution >= 0.6 is 0 Å². The topological polar surface area (TPSA) is 118 Å². The lowest BCUT2D eigenvalue weighted by Crippen LogP contribution is -2.30. The van der Waals surface area contributed by atoms with E-state index in [2.05, 4.69) is 18.7 Å². The highest BCUT2D eigenvalue weighted by atomic mass is 16.5. The van der Waals surface area contributed by atoms with E-state index in [-0.39, 0.29) is 5.56 Å². The van der Waals surface area contributed by atoms with Gasteiger partial charge < -0.3 is 29.2 Å². The third kappa shape index (κ3) is 7.71. The molecular weight excluding hydrogens is 464 g/mol. The molecule has 0 saturated heterocycles. The largest absolute Gasteiger partial charge is 0.497 e. The maximum absolute atomic E-state index is 13.1. The van der Waals surface area contributed by atoms with Gasteiger partial charge in [0, 0.05) is 37.0 Å². The first-order chi connectivity index (χ1) is 17.2. The molecule has 0 aliphatic rings. The van der Waals surface area contributed by atoms with Crippen molar-refractivity contribution in [3.63, 3.8) is 0 Å². The number of hydrogen-bond acceptors (Lipinski definition) is 6. The normalized spacial score (nSPS) is 10.8. The van der Waals surface area contributed by atoms with E-state index in [4.69, 9.17) is 19.7 Å². The Morgan fingerprint density at radius 1 is 0.889 bits per heavy atom. The molecule has 0 radical (unpaired) electrons. The second kappa shape index (κ2) is 13.7. The zero-order chi connectivity index (χ0) is 26.7. The number of fused-ring (bicyclic) bond motifs is 1. The Labute approximate surface area is 209 Å². The molecule has 0 spiro atoms. The second-order valence-corrected chi connectivity index (χ2v) is 7.72. The van der Waals surface area contributed by atoms with Crippen LogP contribution in [-0.2, 0) is 16.1 Å². The van der Waals surface area contributed by atoms with Crippen molar-refractivity contribution in [2.75, 3.05) is 33.9 Å². The van der Waals surface area contributed by atoms with Gasteiger partial charge in [0.05, 0.1) is 19.6 Å². The predicted octanol–water partition coefficient (Wildman–Crippen LogP) is 3.74. The first-order valence-corrected chi connectivity index (χ1v) is 11.5. The first kappa shape index (κ1) is 28.1. The quantitative estimate of drug-likeness (QED) is 0.408. The SMILES string of the molecule is CCN(CC)CCn1cc(-c2ccc(OC)cc2)c2ccc(OC)cc2c1=O.O=C(O)/C=C\C(=O)O. The number of likely N-dealkylation sites (N-methyl/N-ethyl adjacent to an activating group) is 1. The Kier molecular flexibility index (Phi) is 10.7. The Bertz CT molecular complexity index is 1240. The van der Waals surface area contributed by atoms with Crippen molar-refractivity contribution in [2.45, 2.75) is 20.4 Å². The zero-order valence-electron chi connectivity index (χ0n) is 20.9. The standard InChI is InChI=1S/C23H28N2O3.C4H4O4/c1-5-24(6-2)13-14-25-16-22(17-7-9-18(27-3)10-8-17)20-12-11-19(28-4)15-21(20)23(25)26;5-3(6)1-2-4(7)8/h7-12,15-16H,5-6,13-14H2,1-4H3;1-2H,(H,5,6)(H,7,8)/b;2-1-. The van der Waals surface area contributed by atoms with Gasteiger partial charge in [0.15, 0.2) is 0 Å². The van der Waals surface area contributed by atoms with Gasteiger partial charge in [-0.05, 0) is 54.4 Å². The minimum atomic E-state index is -1.26. The molecule has 0 aliphatic carbocycles. The van der Waals surface area contributed by atoms with Crippen LogP contribution in [-0.4, -0.2) is 65.5 Å². The predicted molar refractivity (Wildman–Crippen MR) is 139 cm³/mol. The van der Waals surface area contributed by atoms with Crippen LogP contribution in [0, 0.1) is 0 Å². The van der Waals surface area contributed by atoms with Crippen molar-refractivity contribution in [1.82, 2.24) is 9.47 Å². The molecule has 3 aromatic rings. The van der Waals surface area contributed by atoms with Crippen LogP contribution in [0.2, 0.25) is 0 Å². The van der Waals surface area contributed by atoms with Gasteiger partial charge in [-0.15, -0.1) is 0 Å². The number of aliphatic carboxylic acids is 2. The van der Waals surface area contributed by atoms with Gasteiger partial charge >= 0.3 is 11.9 Å². The van der Waals surface area contributed by atoms with Gasteiger partial charge in [-0.1, -0.05) is 26.0 Å². The molecule has 0 unspecified atom stereocenters. The van der Waals surface area contributed by atoms with Crippen molar-refractivity contribution in [1.29, 1.82) is 0 Å². The highest BCUT2D eigenvalue weighted by Gasteiger charge is 2.12. The van der Waals surface area contributed by atoms with E-state index < -0.39 is 11.9 Å².